The van der Waals surface area contributed by atoms with Gasteiger partial charge in [0.15, 0.2) is 0 Å². The molecule has 1 amide bonds. The number of nitrogens with zero attached hydrogens (tertiary/aromatic N) is 1. The van der Waals surface area contributed by atoms with Crippen LogP contribution >= 0.6 is 0 Å². The topological polar surface area (TPSA) is 87.8 Å². The third-order valence-electron chi connectivity index (χ3n) is 3.75. The smallest absolute Gasteiger partial charge is 0.228 e. The summed E-state index contributed by atoms with van der Waals surface area (Å²) in [7, 11) is 0. The second-order valence-corrected chi connectivity index (χ2v) is 5.45. The van der Waals surface area contributed by atoms with E-state index in [0.717, 1.165) is 16.9 Å². The van der Waals surface area contributed by atoms with Gasteiger partial charge in [-0.15, -0.1) is 0 Å². The highest BCUT2D eigenvalue weighted by Gasteiger charge is 2.27. The fraction of sp³-hybridized carbons (Fsp3) is 0.500. The Bertz CT molecular complexity index is 547. The summed E-state index contributed by atoms with van der Waals surface area (Å²) in [6, 6.07) is 3.78. The molecule has 6 nitrogen and oxygen atoms in total. The molecule has 2 unspecified atom stereocenters. The monoisotopic (exact) mass is 277 g/mol. The average Bonchev–Trinajstić information content (AvgIpc) is 2.76. The summed E-state index contributed by atoms with van der Waals surface area (Å²) in [5.74, 6) is 0.000121. The number of morpholine rings is 1. The maximum absolute atomic E-state index is 11.4. The molecule has 4 N–H and O–H groups in total. The van der Waals surface area contributed by atoms with E-state index in [1.165, 1.54) is 0 Å². The first kappa shape index (κ1) is 13.2. The summed E-state index contributed by atoms with van der Waals surface area (Å²) in [4.78, 5) is 13.5. The minimum Gasteiger partial charge on any atom is -0.397 e. The van der Waals surface area contributed by atoms with E-state index < -0.39 is 0 Å². The van der Waals surface area contributed by atoms with Gasteiger partial charge in [-0.2, -0.15) is 0 Å². The number of aliphatic hydroxyl groups excluding tert-OH is 1. The van der Waals surface area contributed by atoms with Gasteiger partial charge in [0.2, 0.25) is 5.91 Å². The lowest BCUT2D eigenvalue weighted by molar-refractivity contribution is -0.115. The molecule has 6 heteroatoms. The third kappa shape index (κ3) is 2.32. The first-order chi connectivity index (χ1) is 9.56. The van der Waals surface area contributed by atoms with Crippen molar-refractivity contribution in [3.05, 3.63) is 17.7 Å². The van der Waals surface area contributed by atoms with Crippen molar-refractivity contribution in [3.8, 4) is 0 Å². The number of carbonyl (C=O) groups is 1. The van der Waals surface area contributed by atoms with Crippen LogP contribution in [0.25, 0.3) is 0 Å². The van der Waals surface area contributed by atoms with E-state index in [-0.39, 0.29) is 24.7 Å². The molecule has 0 aromatic heterocycles. The van der Waals surface area contributed by atoms with Crippen molar-refractivity contribution < 1.29 is 14.6 Å². The normalized spacial score (nSPS) is 25.5. The van der Waals surface area contributed by atoms with Crippen molar-refractivity contribution in [2.75, 3.05) is 35.6 Å². The Morgan fingerprint density at radius 1 is 1.50 bits per heavy atom. The SMILES string of the molecule is CC1CN(c2cc3c(cc2N)CC(=O)N3)CC(CO)O1. The molecule has 1 aromatic rings. The third-order valence-corrected chi connectivity index (χ3v) is 3.75. The summed E-state index contributed by atoms with van der Waals surface area (Å²) in [6.45, 7) is 3.27. The highest BCUT2D eigenvalue weighted by molar-refractivity contribution is 6.00. The number of nitrogens with one attached hydrogen (secondary N) is 1. The fourth-order valence-corrected chi connectivity index (χ4v) is 2.90. The van der Waals surface area contributed by atoms with E-state index in [1.54, 1.807) is 0 Å². The van der Waals surface area contributed by atoms with Crippen LogP contribution in [-0.2, 0) is 16.0 Å². The van der Waals surface area contributed by atoms with E-state index in [0.29, 0.717) is 25.2 Å². The summed E-state index contributed by atoms with van der Waals surface area (Å²) < 4.78 is 5.63. The van der Waals surface area contributed by atoms with Gasteiger partial charge < -0.3 is 25.8 Å². The minimum atomic E-state index is -0.207. The van der Waals surface area contributed by atoms with Crippen LogP contribution in [0.15, 0.2) is 12.1 Å². The van der Waals surface area contributed by atoms with Gasteiger partial charge >= 0.3 is 0 Å². The minimum absolute atomic E-state index is 0.000121. The van der Waals surface area contributed by atoms with E-state index in [4.69, 9.17) is 10.5 Å². The number of carbonyl (C=O) groups excluding carboxylic acids is 1. The number of nitrogens with two attached hydrogens (primary N) is 1. The Kier molecular flexibility index (Phi) is 3.27. The Hall–Kier alpha value is -1.79. The molecule has 20 heavy (non-hydrogen) atoms. The molecule has 108 valence electrons. The van der Waals surface area contributed by atoms with Crippen molar-refractivity contribution >= 4 is 23.0 Å². The lowest BCUT2D eigenvalue weighted by Gasteiger charge is -2.38. The molecule has 1 fully saturated rings. The molecule has 3 rings (SSSR count). The number of rotatable bonds is 2. The molecule has 1 saturated heterocycles. The highest BCUT2D eigenvalue weighted by atomic mass is 16.5. The van der Waals surface area contributed by atoms with E-state index in [2.05, 4.69) is 10.2 Å². The largest absolute Gasteiger partial charge is 0.397 e. The van der Waals surface area contributed by atoms with Gasteiger partial charge in [-0.25, -0.2) is 0 Å². The predicted molar refractivity (Wildman–Crippen MR) is 76.8 cm³/mol. The van der Waals surface area contributed by atoms with E-state index >= 15 is 0 Å². The molecule has 0 saturated carbocycles. The Labute approximate surface area is 117 Å². The van der Waals surface area contributed by atoms with Crippen molar-refractivity contribution in [2.24, 2.45) is 0 Å². The number of aliphatic hydroxyl groups is 1. The van der Waals surface area contributed by atoms with Crippen LogP contribution in [0.3, 0.4) is 0 Å². The number of nitrogen functional groups attached to an aromatic ring is 1. The first-order valence-electron chi connectivity index (χ1n) is 6.80. The lowest BCUT2D eigenvalue weighted by Crippen LogP contribution is -2.48. The number of amides is 1. The highest BCUT2D eigenvalue weighted by Crippen LogP contribution is 2.34. The van der Waals surface area contributed by atoms with Gasteiger partial charge in [-0.3, -0.25) is 4.79 Å². The lowest BCUT2D eigenvalue weighted by atomic mass is 10.1. The van der Waals surface area contributed by atoms with Crippen LogP contribution in [0.5, 0.6) is 0 Å². The standard InChI is InChI=1S/C14H19N3O3/c1-8-5-17(6-10(7-18)20-8)13-4-12-9(2-11(13)15)3-14(19)16-12/h2,4,8,10,18H,3,5-7,15H2,1H3,(H,16,19). The molecular formula is C14H19N3O3. The second-order valence-electron chi connectivity index (χ2n) is 5.45. The van der Waals surface area contributed by atoms with Crippen molar-refractivity contribution in [1.29, 1.82) is 0 Å². The molecule has 0 spiro atoms. The molecule has 0 radical (unpaired) electrons. The molecule has 0 bridgehead atoms. The number of fused-ring (bicyclic) bond motifs is 1. The molecule has 2 heterocycles. The molecule has 2 aliphatic heterocycles. The Morgan fingerprint density at radius 2 is 2.30 bits per heavy atom. The number of ether oxygens (including phenoxy) is 1. The van der Waals surface area contributed by atoms with Crippen LogP contribution in [0.2, 0.25) is 0 Å². The molecule has 2 aliphatic rings. The van der Waals surface area contributed by atoms with Crippen molar-refractivity contribution in [1.82, 2.24) is 0 Å². The Morgan fingerprint density at radius 3 is 3.05 bits per heavy atom. The van der Waals surface area contributed by atoms with Gasteiger partial charge in [-0.05, 0) is 24.6 Å². The van der Waals surface area contributed by atoms with Crippen molar-refractivity contribution in [2.45, 2.75) is 25.6 Å². The Balaban J connectivity index is 1.90. The number of hydrogen-bond donors (Lipinski definition) is 3. The van der Waals surface area contributed by atoms with Gasteiger partial charge in [0.05, 0.1) is 36.6 Å². The number of benzene rings is 1. The first-order valence-corrected chi connectivity index (χ1v) is 6.80. The van der Waals surface area contributed by atoms with Crippen molar-refractivity contribution in [3.63, 3.8) is 0 Å². The van der Waals surface area contributed by atoms with Crippen LogP contribution in [0.4, 0.5) is 17.1 Å². The van der Waals surface area contributed by atoms with Crippen LogP contribution in [0.1, 0.15) is 12.5 Å². The number of anilines is 3. The maximum Gasteiger partial charge on any atom is 0.228 e. The van der Waals surface area contributed by atoms with Crippen LogP contribution in [0, 0.1) is 0 Å². The van der Waals surface area contributed by atoms with E-state index in [1.807, 2.05) is 19.1 Å². The molecule has 2 atom stereocenters. The fourth-order valence-electron chi connectivity index (χ4n) is 2.90. The zero-order chi connectivity index (χ0) is 14.3. The van der Waals surface area contributed by atoms with Gasteiger partial charge in [0, 0.05) is 18.8 Å². The molecular weight excluding hydrogens is 258 g/mol. The molecule has 1 aromatic carbocycles. The number of hydrogen-bond acceptors (Lipinski definition) is 5. The summed E-state index contributed by atoms with van der Waals surface area (Å²) in [6.07, 6.45) is 0.211. The van der Waals surface area contributed by atoms with Gasteiger partial charge in [0.1, 0.15) is 0 Å². The summed E-state index contributed by atoms with van der Waals surface area (Å²) in [5.41, 5.74) is 9.44. The van der Waals surface area contributed by atoms with Crippen LogP contribution < -0.4 is 16.0 Å². The summed E-state index contributed by atoms with van der Waals surface area (Å²) >= 11 is 0. The zero-order valence-corrected chi connectivity index (χ0v) is 11.4. The quantitative estimate of drug-likeness (QED) is 0.679. The predicted octanol–water partition coefficient (Wildman–Crippen LogP) is 0.349. The molecule has 0 aliphatic carbocycles. The second kappa shape index (κ2) is 4.96. The maximum atomic E-state index is 11.4. The average molecular weight is 277 g/mol. The summed E-state index contributed by atoms with van der Waals surface area (Å²) in [5, 5.41) is 12.1. The van der Waals surface area contributed by atoms with Crippen LogP contribution in [-0.4, -0.2) is 42.9 Å². The van der Waals surface area contributed by atoms with E-state index in [9.17, 15) is 9.90 Å². The van der Waals surface area contributed by atoms with Gasteiger partial charge in [-0.1, -0.05) is 0 Å². The van der Waals surface area contributed by atoms with Gasteiger partial charge in [0.25, 0.3) is 0 Å². The zero-order valence-electron chi connectivity index (χ0n) is 11.4.